The van der Waals surface area contributed by atoms with Gasteiger partial charge in [0.1, 0.15) is 12.2 Å². The molecule has 0 N–H and O–H groups in total. The molecule has 0 saturated carbocycles. The van der Waals surface area contributed by atoms with Crippen LogP contribution in [0.25, 0.3) is 0 Å². The van der Waals surface area contributed by atoms with Gasteiger partial charge in [0.2, 0.25) is 5.78 Å². The van der Waals surface area contributed by atoms with Crippen molar-refractivity contribution in [2.24, 2.45) is 4.99 Å². The van der Waals surface area contributed by atoms with Crippen LogP contribution in [-0.2, 0) is 0 Å². The maximum absolute atomic E-state index is 11.3. The predicted molar refractivity (Wildman–Crippen MR) is 49.4 cm³/mol. The molecule has 0 unspecified atom stereocenters. The quantitative estimate of drug-likeness (QED) is 0.644. The molecule has 4 heteroatoms. The highest BCUT2D eigenvalue weighted by Crippen LogP contribution is 2.15. The fourth-order valence-corrected chi connectivity index (χ4v) is 1.41. The largest absolute Gasteiger partial charge is 0.327 e. The third kappa shape index (κ3) is 1.18. The fourth-order valence-electron chi connectivity index (χ4n) is 1.41. The lowest BCUT2D eigenvalue weighted by Crippen LogP contribution is -2.15. The van der Waals surface area contributed by atoms with Gasteiger partial charge in [0.05, 0.1) is 12.0 Å². The molecule has 1 aromatic heterocycles. The van der Waals surface area contributed by atoms with Crippen molar-refractivity contribution >= 4 is 12.0 Å². The van der Waals surface area contributed by atoms with Gasteiger partial charge in [0.15, 0.2) is 0 Å². The second-order valence-electron chi connectivity index (χ2n) is 3.37. The van der Waals surface area contributed by atoms with Crippen LogP contribution in [0.3, 0.4) is 0 Å². The van der Waals surface area contributed by atoms with Gasteiger partial charge in [0, 0.05) is 12.3 Å². The molecule has 0 radical (unpaired) electrons. The molecule has 0 bridgehead atoms. The van der Waals surface area contributed by atoms with Gasteiger partial charge in [-0.25, -0.2) is 4.98 Å². The van der Waals surface area contributed by atoms with Crippen LogP contribution in [0.2, 0.25) is 0 Å². The Balaban J connectivity index is 2.55. The minimum absolute atomic E-state index is 0.0110. The third-order valence-corrected chi connectivity index (χ3v) is 2.10. The SMILES string of the molecule is CC(C)n1cnc2c1C=NCC2=O. The van der Waals surface area contributed by atoms with Crippen molar-refractivity contribution in [3.63, 3.8) is 0 Å². The van der Waals surface area contributed by atoms with E-state index in [2.05, 4.69) is 23.8 Å². The van der Waals surface area contributed by atoms with E-state index in [1.165, 1.54) is 0 Å². The van der Waals surface area contributed by atoms with Gasteiger partial charge in [0.25, 0.3) is 0 Å². The zero-order valence-corrected chi connectivity index (χ0v) is 7.69. The summed E-state index contributed by atoms with van der Waals surface area (Å²) in [6.07, 6.45) is 3.42. The molecule has 1 aliphatic rings. The first-order valence-corrected chi connectivity index (χ1v) is 4.30. The molecule has 0 atom stereocenters. The summed E-state index contributed by atoms with van der Waals surface area (Å²) >= 11 is 0. The van der Waals surface area contributed by atoms with Crippen LogP contribution in [0, 0.1) is 0 Å². The van der Waals surface area contributed by atoms with Gasteiger partial charge in [-0.1, -0.05) is 0 Å². The molecule has 1 aromatic rings. The van der Waals surface area contributed by atoms with Gasteiger partial charge in [-0.15, -0.1) is 0 Å². The summed E-state index contributed by atoms with van der Waals surface area (Å²) in [7, 11) is 0. The molecule has 2 heterocycles. The van der Waals surface area contributed by atoms with Crippen LogP contribution >= 0.6 is 0 Å². The Bertz CT molecular complexity index is 376. The summed E-state index contributed by atoms with van der Waals surface area (Å²) in [5.74, 6) is 0.0110. The number of hydrogen-bond acceptors (Lipinski definition) is 3. The molecule has 0 aromatic carbocycles. The molecule has 68 valence electrons. The zero-order chi connectivity index (χ0) is 9.42. The van der Waals surface area contributed by atoms with Crippen molar-refractivity contribution < 1.29 is 4.79 Å². The molecule has 2 rings (SSSR count). The summed E-state index contributed by atoms with van der Waals surface area (Å²) in [6.45, 7) is 4.34. The highest BCUT2D eigenvalue weighted by molar-refractivity contribution is 6.05. The summed E-state index contributed by atoms with van der Waals surface area (Å²) in [5, 5.41) is 0. The minimum Gasteiger partial charge on any atom is -0.327 e. The van der Waals surface area contributed by atoms with Crippen LogP contribution < -0.4 is 0 Å². The Labute approximate surface area is 76.3 Å². The number of Topliss-reactive ketones (excluding diaryl/α,β-unsaturated/α-hetero) is 1. The Hall–Kier alpha value is -1.45. The average molecular weight is 177 g/mol. The Morgan fingerprint density at radius 1 is 1.54 bits per heavy atom. The molecule has 0 aliphatic carbocycles. The van der Waals surface area contributed by atoms with E-state index in [9.17, 15) is 4.79 Å². The van der Waals surface area contributed by atoms with E-state index < -0.39 is 0 Å². The van der Waals surface area contributed by atoms with Crippen molar-refractivity contribution in [3.05, 3.63) is 17.7 Å². The average Bonchev–Trinajstić information content (AvgIpc) is 2.48. The number of ketones is 1. The second kappa shape index (κ2) is 2.80. The van der Waals surface area contributed by atoms with Gasteiger partial charge < -0.3 is 4.57 Å². The predicted octanol–water partition coefficient (Wildman–Crippen LogP) is 1.08. The van der Waals surface area contributed by atoms with Crippen molar-refractivity contribution in [1.82, 2.24) is 9.55 Å². The lowest BCUT2D eigenvalue weighted by atomic mass is 10.2. The molecule has 1 aliphatic heterocycles. The molecular formula is C9H11N3O. The lowest BCUT2D eigenvalue weighted by molar-refractivity contribution is 0.0996. The minimum atomic E-state index is 0.0110. The van der Waals surface area contributed by atoms with Crippen LogP contribution in [-0.4, -0.2) is 28.1 Å². The molecule has 0 amide bonds. The monoisotopic (exact) mass is 177 g/mol. The Kier molecular flexibility index (Phi) is 1.76. The van der Waals surface area contributed by atoms with E-state index in [4.69, 9.17) is 0 Å². The van der Waals surface area contributed by atoms with Gasteiger partial charge in [-0.05, 0) is 13.8 Å². The van der Waals surface area contributed by atoms with Crippen LogP contribution in [0.1, 0.15) is 36.1 Å². The first-order chi connectivity index (χ1) is 6.20. The van der Waals surface area contributed by atoms with Crippen LogP contribution in [0.4, 0.5) is 0 Å². The number of hydrogen-bond donors (Lipinski definition) is 0. The first kappa shape index (κ1) is 8.16. The maximum Gasteiger partial charge on any atom is 0.204 e. The number of carbonyl (C=O) groups is 1. The van der Waals surface area contributed by atoms with Crippen molar-refractivity contribution in [2.45, 2.75) is 19.9 Å². The molecule has 0 fully saturated rings. The van der Waals surface area contributed by atoms with Crippen molar-refractivity contribution in [2.75, 3.05) is 6.54 Å². The summed E-state index contributed by atoms with van der Waals surface area (Å²) in [5.41, 5.74) is 1.40. The van der Waals surface area contributed by atoms with Crippen LogP contribution in [0.15, 0.2) is 11.3 Å². The molecule has 13 heavy (non-hydrogen) atoms. The molecule has 4 nitrogen and oxygen atoms in total. The number of aromatic nitrogens is 2. The van der Waals surface area contributed by atoms with E-state index in [1.54, 1.807) is 12.5 Å². The number of nitrogens with zero attached hydrogens (tertiary/aromatic N) is 3. The number of rotatable bonds is 1. The van der Waals surface area contributed by atoms with Crippen molar-refractivity contribution in [1.29, 1.82) is 0 Å². The highest BCUT2D eigenvalue weighted by atomic mass is 16.1. The second-order valence-corrected chi connectivity index (χ2v) is 3.37. The summed E-state index contributed by atoms with van der Waals surface area (Å²) in [6, 6.07) is 0.314. The summed E-state index contributed by atoms with van der Waals surface area (Å²) < 4.78 is 1.95. The molecular weight excluding hydrogens is 166 g/mol. The Morgan fingerprint density at radius 3 is 3.00 bits per heavy atom. The normalized spacial score (nSPS) is 15.2. The third-order valence-electron chi connectivity index (χ3n) is 2.10. The first-order valence-electron chi connectivity index (χ1n) is 4.30. The number of carbonyl (C=O) groups excluding carboxylic acids is 1. The van der Waals surface area contributed by atoms with Gasteiger partial charge in [-0.2, -0.15) is 0 Å². The number of imidazole rings is 1. The van der Waals surface area contributed by atoms with E-state index in [0.717, 1.165) is 5.69 Å². The van der Waals surface area contributed by atoms with Crippen LogP contribution in [0.5, 0.6) is 0 Å². The van der Waals surface area contributed by atoms with E-state index >= 15 is 0 Å². The Morgan fingerprint density at radius 2 is 2.31 bits per heavy atom. The van der Waals surface area contributed by atoms with Crippen molar-refractivity contribution in [3.8, 4) is 0 Å². The smallest absolute Gasteiger partial charge is 0.204 e. The lowest BCUT2D eigenvalue weighted by Gasteiger charge is -2.10. The molecule has 0 spiro atoms. The maximum atomic E-state index is 11.3. The molecule has 0 saturated heterocycles. The highest BCUT2D eigenvalue weighted by Gasteiger charge is 2.20. The van der Waals surface area contributed by atoms with E-state index in [-0.39, 0.29) is 12.3 Å². The van der Waals surface area contributed by atoms with Gasteiger partial charge >= 0.3 is 0 Å². The number of fused-ring (bicyclic) bond motifs is 1. The fraction of sp³-hybridized carbons (Fsp3) is 0.444. The topological polar surface area (TPSA) is 47.2 Å². The standard InChI is InChI=1S/C9H11N3O/c1-6(2)12-5-11-9-7(12)3-10-4-8(9)13/h3,5-6H,4H2,1-2H3. The number of aliphatic imine (C=N–C) groups is 1. The zero-order valence-electron chi connectivity index (χ0n) is 7.69. The van der Waals surface area contributed by atoms with E-state index in [1.807, 2.05) is 4.57 Å². The van der Waals surface area contributed by atoms with Gasteiger partial charge in [-0.3, -0.25) is 9.79 Å². The summed E-state index contributed by atoms with van der Waals surface area (Å²) in [4.78, 5) is 19.4. The van der Waals surface area contributed by atoms with E-state index in [0.29, 0.717) is 11.7 Å².